The Labute approximate surface area is 81.9 Å². The maximum atomic E-state index is 13.0. The fraction of sp³-hybridized carbons (Fsp3) is 0. The second kappa shape index (κ2) is 3.52. The minimum absolute atomic E-state index is 1.32. The molecule has 0 radical (unpaired) electrons. The van der Waals surface area contributed by atoms with E-state index in [1.807, 2.05) is 0 Å². The Morgan fingerprint density at radius 3 is 1.13 bits per heavy atom. The zero-order valence-corrected chi connectivity index (χ0v) is 8.12. The Morgan fingerprint density at radius 2 is 0.867 bits per heavy atom. The smallest absolute Gasteiger partial charge is 0.313 e. The molecule has 0 saturated carbocycles. The second-order valence-electron chi connectivity index (χ2n) is 2.88. The summed E-state index contributed by atoms with van der Waals surface area (Å²) in [6.07, 6.45) is 0. The molecule has 1 aromatic carbocycles. The van der Waals surface area contributed by atoms with Crippen molar-refractivity contribution < 1.29 is 22.0 Å². The van der Waals surface area contributed by atoms with E-state index in [2.05, 4.69) is 0 Å². The Balaban J connectivity index is 3.68. The van der Waals surface area contributed by atoms with Crippen LogP contribution in [0.25, 0.3) is 0 Å². The van der Waals surface area contributed by atoms with Crippen LogP contribution in [-0.4, -0.2) is 8.56 Å². The highest BCUT2D eigenvalue weighted by Crippen LogP contribution is 2.16. The number of rotatable bonds is 1. The van der Waals surface area contributed by atoms with Gasteiger partial charge in [-0.05, 0) is 0 Å². The van der Waals surface area contributed by atoms with Crippen molar-refractivity contribution in [1.82, 2.24) is 0 Å². The van der Waals surface area contributed by atoms with Gasteiger partial charge in [0.2, 0.25) is 5.82 Å². The van der Waals surface area contributed by atoms with Crippen molar-refractivity contribution in [2.24, 2.45) is 16.2 Å². The lowest BCUT2D eigenvalue weighted by Crippen LogP contribution is -2.75. The van der Waals surface area contributed by atoms with Gasteiger partial charge < -0.3 is 16.2 Å². The molecule has 0 aliphatic rings. The van der Waals surface area contributed by atoms with Gasteiger partial charge in [0, 0.05) is 0 Å². The summed E-state index contributed by atoms with van der Waals surface area (Å²) in [6, 6.07) is 0. The van der Waals surface area contributed by atoms with E-state index in [0.717, 1.165) is 0 Å². The summed E-state index contributed by atoms with van der Waals surface area (Å²) in [5.74, 6) is -10.6. The van der Waals surface area contributed by atoms with Crippen molar-refractivity contribution in [3.8, 4) is 0 Å². The molecule has 0 amide bonds. The Hall–Kier alpha value is -1.03. The predicted molar refractivity (Wildman–Crippen MR) is 44.2 cm³/mol. The normalized spacial score (nSPS) is 12.0. The Kier molecular flexibility index (Phi) is 2.83. The topological polar surface area (TPSA) is 78.1 Å². The highest BCUT2D eigenvalue weighted by molar-refractivity contribution is 6.83. The van der Waals surface area contributed by atoms with Gasteiger partial charge in [0.15, 0.2) is 23.3 Å². The van der Waals surface area contributed by atoms with Crippen LogP contribution in [0.2, 0.25) is 0 Å². The van der Waals surface area contributed by atoms with E-state index in [1.165, 1.54) is 0 Å². The average Bonchev–Trinajstić information content (AvgIpc) is 2.09. The van der Waals surface area contributed by atoms with Crippen molar-refractivity contribution in [1.29, 1.82) is 0 Å². The van der Waals surface area contributed by atoms with Crippen LogP contribution >= 0.6 is 0 Å². The largest absolute Gasteiger partial charge is 0.323 e. The summed E-state index contributed by atoms with van der Waals surface area (Å²) in [7, 11) is -4.10. The van der Waals surface area contributed by atoms with Crippen LogP contribution in [0.4, 0.5) is 22.0 Å². The summed E-state index contributed by atoms with van der Waals surface area (Å²) in [5, 5.41) is 13.7. The lowest BCUT2D eigenvalue weighted by Gasteiger charge is -2.17. The minimum Gasteiger partial charge on any atom is -0.323 e. The highest BCUT2D eigenvalue weighted by atomic mass is 28.4. The van der Waals surface area contributed by atoms with Crippen molar-refractivity contribution in [3.63, 3.8) is 0 Å². The monoisotopic (exact) mass is 243 g/mol. The van der Waals surface area contributed by atoms with Gasteiger partial charge in [-0.2, -0.15) is 0 Å². The Bertz CT molecular complexity index is 387. The minimum atomic E-state index is -4.10. The molecule has 0 unspecified atom stereocenters. The lowest BCUT2D eigenvalue weighted by atomic mass is 10.3. The van der Waals surface area contributed by atoms with Crippen LogP contribution < -0.4 is 21.4 Å². The molecule has 0 atom stereocenters. The van der Waals surface area contributed by atoms with E-state index >= 15 is 0 Å². The molecule has 0 spiro atoms. The number of halogens is 5. The molecule has 0 aliphatic heterocycles. The maximum absolute atomic E-state index is 13.0. The number of benzene rings is 1. The van der Waals surface area contributed by atoms with Gasteiger partial charge in [0.1, 0.15) is 0 Å². The van der Waals surface area contributed by atoms with Crippen LogP contribution in [0.5, 0.6) is 0 Å². The molecule has 0 aliphatic carbocycles. The quantitative estimate of drug-likeness (QED) is 0.267. The van der Waals surface area contributed by atoms with Crippen LogP contribution in [0.15, 0.2) is 0 Å². The van der Waals surface area contributed by atoms with Gasteiger partial charge in [-0.3, -0.25) is 0 Å². The first-order chi connectivity index (χ1) is 6.68. The van der Waals surface area contributed by atoms with Crippen LogP contribution in [-0.2, 0) is 0 Å². The van der Waals surface area contributed by atoms with Gasteiger partial charge in [-0.1, -0.05) is 0 Å². The van der Waals surface area contributed by atoms with Crippen molar-refractivity contribution in [2.75, 3.05) is 0 Å². The van der Waals surface area contributed by atoms with Gasteiger partial charge >= 0.3 is 8.56 Å². The summed E-state index contributed by atoms with van der Waals surface area (Å²) >= 11 is 0. The molecule has 0 bridgehead atoms. The van der Waals surface area contributed by atoms with E-state index in [0.29, 0.717) is 0 Å². The van der Waals surface area contributed by atoms with Crippen LogP contribution in [0.3, 0.4) is 0 Å². The first-order valence-corrected chi connectivity index (χ1v) is 5.79. The van der Waals surface area contributed by atoms with Gasteiger partial charge in [-0.15, -0.1) is 0 Å². The van der Waals surface area contributed by atoms with Crippen molar-refractivity contribution >= 4 is 13.7 Å². The third kappa shape index (κ3) is 1.86. The standard InChI is InChI=1S/C6H6F5N3Si/c7-1-2(8)4(10)6(15(12,13)14)5(11)3(1)9/h12-14H2. The third-order valence-corrected chi connectivity index (χ3v) is 2.95. The molecule has 6 N–H and O–H groups in total. The average molecular weight is 243 g/mol. The van der Waals surface area contributed by atoms with E-state index in [4.69, 9.17) is 16.2 Å². The first-order valence-electron chi connectivity index (χ1n) is 3.56. The molecule has 0 fully saturated rings. The predicted octanol–water partition coefficient (Wildman–Crippen LogP) is -0.596. The van der Waals surface area contributed by atoms with E-state index < -0.39 is 42.8 Å². The summed E-state index contributed by atoms with van der Waals surface area (Å²) in [5.41, 5.74) is 0. The molecule has 3 nitrogen and oxygen atoms in total. The zero-order chi connectivity index (χ0) is 12.0. The molecule has 0 aromatic heterocycles. The fourth-order valence-corrected chi connectivity index (χ4v) is 1.96. The summed E-state index contributed by atoms with van der Waals surface area (Å²) in [6.45, 7) is 0. The maximum Gasteiger partial charge on any atom is 0.313 e. The molecule has 1 rings (SSSR count). The van der Waals surface area contributed by atoms with Crippen LogP contribution in [0.1, 0.15) is 0 Å². The zero-order valence-electron chi connectivity index (χ0n) is 7.12. The molecule has 9 heteroatoms. The molecule has 0 heterocycles. The first kappa shape index (κ1) is 12.0. The highest BCUT2D eigenvalue weighted by Gasteiger charge is 2.36. The fourth-order valence-electron chi connectivity index (χ4n) is 0.985. The molecule has 15 heavy (non-hydrogen) atoms. The molecular formula is C6H6F5N3Si. The number of hydrogen-bond acceptors (Lipinski definition) is 3. The van der Waals surface area contributed by atoms with Gasteiger partial charge in [0.05, 0.1) is 5.19 Å². The summed E-state index contributed by atoms with van der Waals surface area (Å²) in [4.78, 5) is 0. The van der Waals surface area contributed by atoms with Gasteiger partial charge in [0.25, 0.3) is 0 Å². The Morgan fingerprint density at radius 1 is 0.600 bits per heavy atom. The summed E-state index contributed by atoms with van der Waals surface area (Å²) < 4.78 is 63.8. The molecule has 0 saturated heterocycles. The molecule has 1 aromatic rings. The lowest BCUT2D eigenvalue weighted by molar-refractivity contribution is 0.383. The van der Waals surface area contributed by atoms with Gasteiger partial charge in [-0.25, -0.2) is 22.0 Å². The number of nitrogens with two attached hydrogens (primary N) is 3. The third-order valence-electron chi connectivity index (χ3n) is 1.64. The van der Waals surface area contributed by atoms with E-state index in [1.54, 1.807) is 0 Å². The van der Waals surface area contributed by atoms with Crippen LogP contribution in [0, 0.1) is 29.1 Å². The van der Waals surface area contributed by atoms with Crippen molar-refractivity contribution in [3.05, 3.63) is 29.1 Å². The molecule has 84 valence electrons. The SMILES string of the molecule is N[Si](N)(N)c1c(F)c(F)c(F)c(F)c1F. The van der Waals surface area contributed by atoms with E-state index in [-0.39, 0.29) is 0 Å². The second-order valence-corrected chi connectivity index (χ2v) is 5.24. The van der Waals surface area contributed by atoms with Crippen molar-refractivity contribution in [2.45, 2.75) is 0 Å². The molecular weight excluding hydrogens is 237 g/mol. The number of hydrogen-bond donors (Lipinski definition) is 3. The van der Waals surface area contributed by atoms with E-state index in [9.17, 15) is 22.0 Å².